The number of hydrogen-bond donors (Lipinski definition) is 3. The van der Waals surface area contributed by atoms with Gasteiger partial charge >= 0.3 is 0 Å². The third-order valence-electron chi connectivity index (χ3n) is 6.24. The number of amides is 3. The SMILES string of the molecule is COc1ccc(N(C(=O)c2snc(C(N)=O)c2N)[C@H](C(=O)NC[C@@H]2CCCO2)c2ccc(F)cc2)c(OC)c1. The molecule has 0 unspecified atom stereocenters. The molecule has 5 N–H and O–H groups in total. The zero-order chi connectivity index (χ0) is 28.1. The number of aromatic nitrogens is 1. The zero-order valence-electron chi connectivity index (χ0n) is 21.3. The summed E-state index contributed by atoms with van der Waals surface area (Å²) in [5, 5.41) is 2.86. The van der Waals surface area contributed by atoms with Crippen LogP contribution in [0.25, 0.3) is 0 Å². The van der Waals surface area contributed by atoms with E-state index in [1.54, 1.807) is 18.2 Å². The molecule has 0 saturated carbocycles. The molecule has 2 aromatic carbocycles. The van der Waals surface area contributed by atoms with Crippen molar-refractivity contribution >= 4 is 40.6 Å². The van der Waals surface area contributed by atoms with Gasteiger partial charge in [0.1, 0.15) is 28.2 Å². The zero-order valence-corrected chi connectivity index (χ0v) is 22.1. The number of primary amides is 1. The Bertz CT molecular complexity index is 1360. The fourth-order valence-electron chi connectivity index (χ4n) is 4.27. The molecule has 1 aliphatic heterocycles. The molecule has 0 radical (unpaired) electrons. The first-order valence-corrected chi connectivity index (χ1v) is 12.8. The second-order valence-corrected chi connectivity index (χ2v) is 9.46. The average Bonchev–Trinajstić information content (AvgIpc) is 3.60. The number of rotatable bonds is 10. The molecule has 0 spiro atoms. The first-order valence-electron chi connectivity index (χ1n) is 12.0. The third-order valence-corrected chi connectivity index (χ3v) is 7.09. The standard InChI is InChI=1S/C26H28FN5O6S/c1-36-16-9-10-18(19(12-16)37-2)32(26(35)23-20(28)21(24(29)33)31-39-23)22(14-5-7-15(27)8-6-14)25(34)30-13-17-4-3-11-38-17/h5-10,12,17,22H,3-4,11,13,28H2,1-2H3,(H2,29,33)(H,30,34)/t17-,22-/m0/s1. The predicted molar refractivity (Wildman–Crippen MR) is 143 cm³/mol. The number of carbonyl (C=O) groups is 3. The van der Waals surface area contributed by atoms with Crippen molar-refractivity contribution in [3.8, 4) is 11.5 Å². The van der Waals surface area contributed by atoms with E-state index in [1.165, 1.54) is 43.4 Å². The molecule has 1 aliphatic rings. The van der Waals surface area contributed by atoms with Crippen LogP contribution < -0.4 is 31.2 Å². The van der Waals surface area contributed by atoms with Crippen molar-refractivity contribution in [2.24, 2.45) is 5.73 Å². The van der Waals surface area contributed by atoms with Crippen LogP contribution in [0, 0.1) is 5.82 Å². The average molecular weight is 558 g/mol. The molecule has 2 heterocycles. The van der Waals surface area contributed by atoms with Gasteiger partial charge in [-0.25, -0.2) is 4.39 Å². The third kappa shape index (κ3) is 5.94. The summed E-state index contributed by atoms with van der Waals surface area (Å²) in [6.07, 6.45) is 1.49. The maximum atomic E-state index is 14.2. The van der Waals surface area contributed by atoms with Gasteiger partial charge in [0.15, 0.2) is 5.69 Å². The fourth-order valence-corrected chi connectivity index (χ4v) is 5.01. The van der Waals surface area contributed by atoms with E-state index in [1.807, 2.05) is 0 Å². The highest BCUT2D eigenvalue weighted by atomic mass is 32.1. The molecule has 2 atom stereocenters. The van der Waals surface area contributed by atoms with Crippen LogP contribution in [0.5, 0.6) is 11.5 Å². The Labute approximate surface area is 228 Å². The molecule has 0 bridgehead atoms. The number of nitrogens with zero attached hydrogens (tertiary/aromatic N) is 2. The Balaban J connectivity index is 1.87. The lowest BCUT2D eigenvalue weighted by Crippen LogP contribution is -2.45. The Hall–Kier alpha value is -4.23. The summed E-state index contributed by atoms with van der Waals surface area (Å²) < 4.78 is 34.3. The Morgan fingerprint density at radius 3 is 2.54 bits per heavy atom. The van der Waals surface area contributed by atoms with Crippen LogP contribution in [0.4, 0.5) is 15.8 Å². The quantitative estimate of drug-likeness (QED) is 0.343. The van der Waals surface area contributed by atoms with Gasteiger partial charge in [-0.15, -0.1) is 0 Å². The smallest absolute Gasteiger partial charge is 0.273 e. The van der Waals surface area contributed by atoms with E-state index in [0.29, 0.717) is 29.5 Å². The van der Waals surface area contributed by atoms with Gasteiger partial charge in [-0.3, -0.25) is 19.3 Å². The summed E-state index contributed by atoms with van der Waals surface area (Å²) in [6, 6.07) is 8.58. The highest BCUT2D eigenvalue weighted by Crippen LogP contribution is 2.39. The molecule has 206 valence electrons. The molecule has 0 aliphatic carbocycles. The highest BCUT2D eigenvalue weighted by molar-refractivity contribution is 7.09. The maximum Gasteiger partial charge on any atom is 0.273 e. The lowest BCUT2D eigenvalue weighted by molar-refractivity contribution is -0.123. The van der Waals surface area contributed by atoms with Gasteiger partial charge in [-0.2, -0.15) is 4.37 Å². The van der Waals surface area contributed by atoms with Crippen molar-refractivity contribution in [3.63, 3.8) is 0 Å². The van der Waals surface area contributed by atoms with E-state index < -0.39 is 29.6 Å². The van der Waals surface area contributed by atoms with Gasteiger partial charge in [-0.1, -0.05) is 12.1 Å². The highest BCUT2D eigenvalue weighted by Gasteiger charge is 2.38. The minimum absolute atomic E-state index is 0.110. The lowest BCUT2D eigenvalue weighted by Gasteiger charge is -2.32. The van der Waals surface area contributed by atoms with Crippen LogP contribution >= 0.6 is 11.5 Å². The molecule has 39 heavy (non-hydrogen) atoms. The monoisotopic (exact) mass is 557 g/mol. The van der Waals surface area contributed by atoms with Crippen LogP contribution in [-0.2, 0) is 9.53 Å². The van der Waals surface area contributed by atoms with Crippen LogP contribution in [0.2, 0.25) is 0 Å². The fraction of sp³-hybridized carbons (Fsp3) is 0.308. The van der Waals surface area contributed by atoms with E-state index in [2.05, 4.69) is 9.69 Å². The number of nitrogen functional groups attached to an aromatic ring is 1. The minimum Gasteiger partial charge on any atom is -0.497 e. The summed E-state index contributed by atoms with van der Waals surface area (Å²) in [7, 11) is 2.87. The molecule has 3 amide bonds. The van der Waals surface area contributed by atoms with E-state index in [4.69, 9.17) is 25.7 Å². The predicted octanol–water partition coefficient (Wildman–Crippen LogP) is 2.66. The molecule has 3 aromatic rings. The summed E-state index contributed by atoms with van der Waals surface area (Å²) in [5.74, 6) is -2.07. The normalized spacial score (nSPS) is 15.4. The van der Waals surface area contributed by atoms with Crippen LogP contribution in [0.3, 0.4) is 0 Å². The number of hydrogen-bond acceptors (Lipinski definition) is 9. The molecule has 1 aromatic heterocycles. The van der Waals surface area contributed by atoms with Crippen molar-refractivity contribution in [3.05, 3.63) is 64.4 Å². The number of nitrogens with one attached hydrogen (secondary N) is 1. The van der Waals surface area contributed by atoms with Crippen molar-refractivity contribution in [2.45, 2.75) is 25.0 Å². The van der Waals surface area contributed by atoms with Gasteiger partial charge in [0.05, 0.1) is 31.7 Å². The summed E-state index contributed by atoms with van der Waals surface area (Å²) >= 11 is 0.673. The molecule has 13 heteroatoms. The van der Waals surface area contributed by atoms with E-state index >= 15 is 0 Å². The van der Waals surface area contributed by atoms with Gasteiger partial charge in [0, 0.05) is 19.2 Å². The Morgan fingerprint density at radius 2 is 1.95 bits per heavy atom. The first kappa shape index (κ1) is 27.8. The number of anilines is 2. The number of halogens is 1. The number of carbonyl (C=O) groups excluding carboxylic acids is 3. The largest absolute Gasteiger partial charge is 0.497 e. The van der Waals surface area contributed by atoms with Crippen molar-refractivity contribution in [1.82, 2.24) is 9.69 Å². The molecule has 1 fully saturated rings. The van der Waals surface area contributed by atoms with E-state index in [9.17, 15) is 18.8 Å². The number of ether oxygens (including phenoxy) is 3. The summed E-state index contributed by atoms with van der Waals surface area (Å²) in [5.41, 5.74) is 11.5. The van der Waals surface area contributed by atoms with E-state index in [0.717, 1.165) is 12.8 Å². The molecule has 4 rings (SSSR count). The Morgan fingerprint density at radius 1 is 1.21 bits per heavy atom. The maximum absolute atomic E-state index is 14.2. The van der Waals surface area contributed by atoms with Gasteiger partial charge in [0.25, 0.3) is 11.8 Å². The topological polar surface area (TPSA) is 159 Å². The minimum atomic E-state index is -1.31. The first-order chi connectivity index (χ1) is 18.7. The van der Waals surface area contributed by atoms with Crippen LogP contribution in [-0.4, -0.2) is 55.6 Å². The molecular weight excluding hydrogens is 529 g/mol. The summed E-state index contributed by atoms with van der Waals surface area (Å²) in [6.45, 7) is 0.815. The molecule has 11 nitrogen and oxygen atoms in total. The lowest BCUT2D eigenvalue weighted by atomic mass is 10.0. The van der Waals surface area contributed by atoms with E-state index in [-0.39, 0.29) is 40.3 Å². The van der Waals surface area contributed by atoms with Crippen molar-refractivity contribution in [2.75, 3.05) is 38.0 Å². The second kappa shape index (κ2) is 12.1. The number of benzene rings is 2. The second-order valence-electron chi connectivity index (χ2n) is 8.69. The van der Waals surface area contributed by atoms with Crippen LogP contribution in [0.1, 0.15) is 44.6 Å². The molecular formula is C26H28FN5O6S. The van der Waals surface area contributed by atoms with Crippen molar-refractivity contribution < 1.29 is 33.0 Å². The van der Waals surface area contributed by atoms with Crippen molar-refractivity contribution in [1.29, 1.82) is 0 Å². The molecule has 1 saturated heterocycles. The van der Waals surface area contributed by atoms with Gasteiger partial charge < -0.3 is 31.0 Å². The number of nitrogens with two attached hydrogens (primary N) is 2. The van der Waals surface area contributed by atoms with Gasteiger partial charge in [0.2, 0.25) is 5.91 Å². The summed E-state index contributed by atoms with van der Waals surface area (Å²) in [4.78, 5) is 40.8. The Kier molecular flexibility index (Phi) is 8.62. The van der Waals surface area contributed by atoms with Crippen LogP contribution in [0.15, 0.2) is 42.5 Å². The number of methoxy groups -OCH3 is 2. The van der Waals surface area contributed by atoms with Gasteiger partial charge in [-0.05, 0) is 54.2 Å².